The number of carbonyl (C=O) groups excluding carboxylic acids is 1. The van der Waals surface area contributed by atoms with Crippen molar-refractivity contribution in [3.8, 4) is 0 Å². The Labute approximate surface area is 190 Å². The summed E-state index contributed by atoms with van der Waals surface area (Å²) >= 11 is 1.31. The van der Waals surface area contributed by atoms with Crippen molar-refractivity contribution >= 4 is 46.1 Å². The maximum Gasteiger partial charge on any atom is 0.263 e. The molecule has 1 aliphatic rings. The standard InChI is InChI=1S/C24H20N4OS.ClH/c25-24-27(12-13-30-24)16-23(29)28-22(18-7-2-1-3-8-18)15-21(26-28)20-11-10-17-6-4-5-9-19(17)14-20;/h1-14,22,25H,15-16H2;1H. The Bertz CT molecular complexity index is 1310. The molecule has 1 unspecified atom stereocenters. The van der Waals surface area contributed by atoms with Gasteiger partial charge in [0.2, 0.25) is 0 Å². The van der Waals surface area contributed by atoms with Gasteiger partial charge in [0.25, 0.3) is 5.91 Å². The number of thiazole rings is 1. The zero-order valence-electron chi connectivity index (χ0n) is 16.6. The Morgan fingerprint density at radius 1 is 1.03 bits per heavy atom. The summed E-state index contributed by atoms with van der Waals surface area (Å²) in [4.78, 5) is 13.5. The summed E-state index contributed by atoms with van der Waals surface area (Å²) in [7, 11) is 0. The summed E-state index contributed by atoms with van der Waals surface area (Å²) in [5.74, 6) is -0.114. The van der Waals surface area contributed by atoms with Crippen LogP contribution in [0.2, 0.25) is 0 Å². The summed E-state index contributed by atoms with van der Waals surface area (Å²) in [5, 5.41) is 18.5. The molecule has 156 valence electrons. The predicted octanol–water partition coefficient (Wildman–Crippen LogP) is 4.98. The molecule has 2 heterocycles. The van der Waals surface area contributed by atoms with E-state index < -0.39 is 0 Å². The van der Waals surface area contributed by atoms with Crippen LogP contribution in [0, 0.1) is 5.41 Å². The predicted molar refractivity (Wildman–Crippen MR) is 127 cm³/mol. The average Bonchev–Trinajstić information content (AvgIpc) is 3.41. The van der Waals surface area contributed by atoms with E-state index in [1.165, 1.54) is 16.7 Å². The summed E-state index contributed by atoms with van der Waals surface area (Å²) in [6.07, 6.45) is 2.43. The molecule has 0 spiro atoms. The van der Waals surface area contributed by atoms with E-state index in [1.54, 1.807) is 15.8 Å². The molecule has 1 N–H and O–H groups in total. The topological polar surface area (TPSA) is 61.5 Å². The Morgan fingerprint density at radius 2 is 1.77 bits per heavy atom. The Balaban J connectivity index is 0.00000231. The zero-order valence-corrected chi connectivity index (χ0v) is 18.3. The van der Waals surface area contributed by atoms with Gasteiger partial charge in [0, 0.05) is 18.0 Å². The molecule has 5 nitrogen and oxygen atoms in total. The first kappa shape index (κ1) is 21.0. The van der Waals surface area contributed by atoms with Gasteiger partial charge < -0.3 is 4.57 Å². The number of fused-ring (bicyclic) bond motifs is 1. The maximum atomic E-state index is 13.2. The van der Waals surface area contributed by atoms with Gasteiger partial charge >= 0.3 is 0 Å². The third kappa shape index (κ3) is 4.17. The molecule has 5 rings (SSSR count). The van der Waals surface area contributed by atoms with Crippen LogP contribution >= 0.6 is 23.7 Å². The molecular weight excluding hydrogens is 428 g/mol. The van der Waals surface area contributed by atoms with Crippen LogP contribution in [0.4, 0.5) is 0 Å². The second-order valence-corrected chi connectivity index (χ2v) is 8.21. The molecule has 3 aromatic carbocycles. The molecule has 0 bridgehead atoms. The van der Waals surface area contributed by atoms with Gasteiger partial charge in [-0.05, 0) is 28.0 Å². The summed E-state index contributed by atoms with van der Waals surface area (Å²) in [6, 6.07) is 24.4. The maximum absolute atomic E-state index is 13.2. The lowest BCUT2D eigenvalue weighted by Gasteiger charge is -2.22. The van der Waals surface area contributed by atoms with Crippen molar-refractivity contribution < 1.29 is 4.79 Å². The van der Waals surface area contributed by atoms with E-state index in [0.29, 0.717) is 11.2 Å². The first-order valence-electron chi connectivity index (χ1n) is 9.81. The molecule has 1 aromatic heterocycles. The lowest BCUT2D eigenvalue weighted by atomic mass is 9.97. The number of aromatic nitrogens is 1. The number of nitrogens with one attached hydrogen (secondary N) is 1. The fraction of sp³-hybridized carbons (Fsp3) is 0.125. The van der Waals surface area contributed by atoms with Crippen LogP contribution < -0.4 is 4.80 Å². The summed E-state index contributed by atoms with van der Waals surface area (Å²) in [6.45, 7) is 0.111. The van der Waals surface area contributed by atoms with Crippen molar-refractivity contribution in [3.05, 3.63) is 100 Å². The molecule has 1 amide bonds. The van der Waals surface area contributed by atoms with Gasteiger partial charge in [-0.2, -0.15) is 5.10 Å². The van der Waals surface area contributed by atoms with Gasteiger partial charge in [0.05, 0.1) is 11.8 Å². The molecule has 1 atom stereocenters. The Hall–Kier alpha value is -3.22. The summed E-state index contributed by atoms with van der Waals surface area (Å²) in [5.41, 5.74) is 3.01. The van der Waals surface area contributed by atoms with Crippen LogP contribution in [0.5, 0.6) is 0 Å². The largest absolute Gasteiger partial charge is 0.315 e. The molecule has 7 heteroatoms. The Kier molecular flexibility index (Phi) is 6.02. The number of hydrazone groups is 1. The molecule has 1 aliphatic heterocycles. The van der Waals surface area contributed by atoms with E-state index in [1.807, 2.05) is 47.8 Å². The quantitative estimate of drug-likeness (QED) is 0.470. The van der Waals surface area contributed by atoms with Crippen LogP contribution in [0.3, 0.4) is 0 Å². The summed E-state index contributed by atoms with van der Waals surface area (Å²) < 4.78 is 1.65. The number of halogens is 1. The molecule has 0 radical (unpaired) electrons. The van der Waals surface area contributed by atoms with Crippen molar-refractivity contribution in [3.63, 3.8) is 0 Å². The van der Waals surface area contributed by atoms with Crippen molar-refractivity contribution in [2.24, 2.45) is 5.10 Å². The van der Waals surface area contributed by atoms with Crippen LogP contribution in [-0.4, -0.2) is 21.2 Å². The number of nitrogens with zero attached hydrogens (tertiary/aromatic N) is 3. The third-order valence-electron chi connectivity index (χ3n) is 5.42. The van der Waals surface area contributed by atoms with E-state index in [4.69, 9.17) is 10.5 Å². The van der Waals surface area contributed by atoms with Crippen LogP contribution in [-0.2, 0) is 11.3 Å². The lowest BCUT2D eigenvalue weighted by Crippen LogP contribution is -2.32. The highest BCUT2D eigenvalue weighted by atomic mass is 35.5. The third-order valence-corrected chi connectivity index (χ3v) is 6.14. The number of carbonyl (C=O) groups is 1. The minimum Gasteiger partial charge on any atom is -0.315 e. The van der Waals surface area contributed by atoms with Crippen molar-refractivity contribution in [1.29, 1.82) is 5.41 Å². The second kappa shape index (κ2) is 8.88. The first-order chi connectivity index (χ1) is 14.7. The van der Waals surface area contributed by atoms with Crippen LogP contribution in [0.1, 0.15) is 23.6 Å². The van der Waals surface area contributed by atoms with Crippen LogP contribution in [0.15, 0.2) is 89.5 Å². The molecule has 0 aliphatic carbocycles. The molecule has 4 aromatic rings. The highest BCUT2D eigenvalue weighted by Crippen LogP contribution is 2.33. The van der Waals surface area contributed by atoms with Gasteiger partial charge in [-0.1, -0.05) is 66.7 Å². The minimum absolute atomic E-state index is 0. The molecule has 0 fully saturated rings. The first-order valence-corrected chi connectivity index (χ1v) is 10.7. The van der Waals surface area contributed by atoms with E-state index in [-0.39, 0.29) is 30.9 Å². The van der Waals surface area contributed by atoms with Crippen molar-refractivity contribution in [2.75, 3.05) is 0 Å². The van der Waals surface area contributed by atoms with Gasteiger partial charge in [0.1, 0.15) is 6.54 Å². The fourth-order valence-corrected chi connectivity index (χ4v) is 4.46. The molecular formula is C24H21ClN4OS. The molecule has 0 saturated carbocycles. The van der Waals surface area contributed by atoms with Crippen molar-refractivity contribution in [1.82, 2.24) is 9.58 Å². The van der Waals surface area contributed by atoms with E-state index in [0.717, 1.165) is 22.2 Å². The Morgan fingerprint density at radius 3 is 2.52 bits per heavy atom. The number of hydrogen-bond acceptors (Lipinski definition) is 4. The number of amides is 1. The average molecular weight is 449 g/mol. The zero-order chi connectivity index (χ0) is 20.5. The van der Waals surface area contributed by atoms with Crippen molar-refractivity contribution in [2.45, 2.75) is 19.0 Å². The van der Waals surface area contributed by atoms with E-state index >= 15 is 0 Å². The normalized spacial score (nSPS) is 15.5. The number of rotatable bonds is 4. The van der Waals surface area contributed by atoms with E-state index in [9.17, 15) is 4.79 Å². The van der Waals surface area contributed by atoms with E-state index in [2.05, 4.69) is 30.3 Å². The number of hydrogen-bond donors (Lipinski definition) is 1. The second-order valence-electron chi connectivity index (χ2n) is 7.31. The highest BCUT2D eigenvalue weighted by Gasteiger charge is 2.33. The number of benzene rings is 3. The molecule has 31 heavy (non-hydrogen) atoms. The van der Waals surface area contributed by atoms with Gasteiger partial charge in [-0.3, -0.25) is 10.2 Å². The SMILES string of the molecule is Cl.N=c1sccn1CC(=O)N1N=C(c2ccc3ccccc3c2)CC1c1ccccc1. The monoisotopic (exact) mass is 448 g/mol. The fourth-order valence-electron chi connectivity index (χ4n) is 3.86. The smallest absolute Gasteiger partial charge is 0.263 e. The minimum atomic E-state index is -0.145. The van der Waals surface area contributed by atoms with Gasteiger partial charge in [-0.15, -0.1) is 23.7 Å². The van der Waals surface area contributed by atoms with Gasteiger partial charge in [0.15, 0.2) is 4.80 Å². The highest BCUT2D eigenvalue weighted by molar-refractivity contribution is 7.06. The van der Waals surface area contributed by atoms with Gasteiger partial charge in [-0.25, -0.2) is 5.01 Å². The lowest BCUT2D eigenvalue weighted by molar-refractivity contribution is -0.133. The van der Waals surface area contributed by atoms with Crippen LogP contribution in [0.25, 0.3) is 10.8 Å². The molecule has 0 saturated heterocycles.